The molecule has 40 heavy (non-hydrogen) atoms. The van der Waals surface area contributed by atoms with Crippen molar-refractivity contribution in [3.8, 4) is 0 Å². The summed E-state index contributed by atoms with van der Waals surface area (Å²) >= 11 is 0. The van der Waals surface area contributed by atoms with Crippen LogP contribution in [0.1, 0.15) is 162 Å². The molecule has 2 unspecified atom stereocenters. The van der Waals surface area contributed by atoms with Crippen molar-refractivity contribution in [1.29, 1.82) is 0 Å². The Morgan fingerprint density at radius 2 is 1.25 bits per heavy atom. The summed E-state index contributed by atoms with van der Waals surface area (Å²) in [6.07, 6.45) is 26.9. The maximum atomic E-state index is 12.5. The molecule has 0 bridgehead atoms. The highest BCUT2D eigenvalue weighted by Gasteiger charge is 2.19. The summed E-state index contributed by atoms with van der Waals surface area (Å²) in [6.45, 7) is 4.83. The first-order valence-electron chi connectivity index (χ1n) is 16.5. The van der Waals surface area contributed by atoms with Gasteiger partial charge in [0.15, 0.2) is 0 Å². The zero-order valence-corrected chi connectivity index (χ0v) is 25.9. The van der Waals surface area contributed by atoms with Crippen LogP contribution in [-0.2, 0) is 19.1 Å². The normalized spacial score (nSPS) is 12.9. The predicted octanol–water partition coefficient (Wildman–Crippen LogP) is 7.99. The lowest BCUT2D eigenvalue weighted by atomic mass is 10.0. The van der Waals surface area contributed by atoms with Crippen LogP contribution >= 0.6 is 0 Å². The first-order valence-corrected chi connectivity index (χ1v) is 16.5. The van der Waals surface area contributed by atoms with Crippen LogP contribution in [0.5, 0.6) is 0 Å². The molecule has 2 atom stereocenters. The van der Waals surface area contributed by atoms with E-state index in [0.717, 1.165) is 57.8 Å². The van der Waals surface area contributed by atoms with Gasteiger partial charge in [-0.2, -0.15) is 0 Å². The average molecular weight is 567 g/mol. The first kappa shape index (κ1) is 38.1. The summed E-state index contributed by atoms with van der Waals surface area (Å²) in [7, 11) is 0. The van der Waals surface area contributed by atoms with Crippen LogP contribution in [0.4, 0.5) is 0 Å². The third-order valence-corrected chi connectivity index (χ3v) is 7.33. The Hall–Kier alpha value is -1.89. The Labute approximate surface area is 245 Å². The van der Waals surface area contributed by atoms with Gasteiger partial charge >= 0.3 is 11.9 Å². The molecule has 7 heteroatoms. The smallest absolute Gasteiger partial charge is 0.326 e. The summed E-state index contributed by atoms with van der Waals surface area (Å²) < 4.78 is 5.89. The largest absolute Gasteiger partial charge is 0.480 e. The monoisotopic (exact) mass is 566 g/mol. The average Bonchev–Trinajstić information content (AvgIpc) is 2.93. The van der Waals surface area contributed by atoms with Crippen molar-refractivity contribution in [2.24, 2.45) is 5.73 Å². The van der Waals surface area contributed by atoms with Gasteiger partial charge in [-0.05, 0) is 77.2 Å². The minimum atomic E-state index is -1.01. The summed E-state index contributed by atoms with van der Waals surface area (Å²) in [6, 6.07) is -0.860. The van der Waals surface area contributed by atoms with E-state index in [-0.39, 0.29) is 18.0 Å². The lowest BCUT2D eigenvalue weighted by Crippen LogP contribution is -2.40. The molecule has 0 aromatic rings. The number of carbonyl (C=O) groups excluding carboxylic acids is 2. The third-order valence-electron chi connectivity index (χ3n) is 7.33. The molecule has 0 aliphatic carbocycles. The molecule has 7 nitrogen and oxygen atoms in total. The molecular formula is C33H62N2O5. The second kappa shape index (κ2) is 28.6. The van der Waals surface area contributed by atoms with Gasteiger partial charge in [0.2, 0.25) is 5.91 Å². The molecule has 0 aliphatic rings. The van der Waals surface area contributed by atoms with E-state index in [1.807, 2.05) is 0 Å². The van der Waals surface area contributed by atoms with E-state index in [4.69, 9.17) is 10.5 Å². The van der Waals surface area contributed by atoms with E-state index in [1.165, 1.54) is 64.2 Å². The number of amides is 1. The number of rotatable bonds is 29. The summed E-state index contributed by atoms with van der Waals surface area (Å²) in [5.41, 5.74) is 5.45. The van der Waals surface area contributed by atoms with E-state index in [0.29, 0.717) is 32.2 Å². The molecular weight excluding hydrogens is 504 g/mol. The van der Waals surface area contributed by atoms with Crippen LogP contribution in [0.25, 0.3) is 0 Å². The highest BCUT2D eigenvalue weighted by molar-refractivity contribution is 5.83. The molecule has 1 amide bonds. The molecule has 0 spiro atoms. The highest BCUT2D eigenvalue weighted by Crippen LogP contribution is 2.18. The topological polar surface area (TPSA) is 119 Å². The van der Waals surface area contributed by atoms with E-state index < -0.39 is 12.0 Å². The van der Waals surface area contributed by atoms with Gasteiger partial charge in [-0.15, -0.1) is 0 Å². The van der Waals surface area contributed by atoms with Crippen LogP contribution in [-0.4, -0.2) is 41.6 Å². The zero-order chi connectivity index (χ0) is 29.7. The van der Waals surface area contributed by atoms with Crippen molar-refractivity contribution in [2.45, 2.75) is 174 Å². The Bertz CT molecular complexity index is 653. The van der Waals surface area contributed by atoms with Gasteiger partial charge in [-0.25, -0.2) is 4.79 Å². The molecule has 0 fully saturated rings. The zero-order valence-electron chi connectivity index (χ0n) is 25.9. The fraction of sp³-hybridized carbons (Fsp3) is 0.848. The third kappa shape index (κ3) is 25.1. The van der Waals surface area contributed by atoms with Crippen LogP contribution in [0.3, 0.4) is 0 Å². The van der Waals surface area contributed by atoms with Crippen molar-refractivity contribution < 1.29 is 24.2 Å². The number of unbranched alkanes of at least 4 members (excludes halogenated alkanes) is 13. The van der Waals surface area contributed by atoms with Crippen LogP contribution in [0.15, 0.2) is 12.2 Å². The Morgan fingerprint density at radius 3 is 1.88 bits per heavy atom. The number of carboxylic acids is 1. The van der Waals surface area contributed by atoms with E-state index in [1.54, 1.807) is 0 Å². The molecule has 0 aromatic heterocycles. The highest BCUT2D eigenvalue weighted by atomic mass is 16.5. The van der Waals surface area contributed by atoms with Crippen LogP contribution in [0, 0.1) is 0 Å². The van der Waals surface area contributed by atoms with Crippen molar-refractivity contribution in [1.82, 2.24) is 5.32 Å². The van der Waals surface area contributed by atoms with Crippen molar-refractivity contribution in [2.75, 3.05) is 6.54 Å². The predicted molar refractivity (Wildman–Crippen MR) is 165 cm³/mol. The second-order valence-corrected chi connectivity index (χ2v) is 11.2. The van der Waals surface area contributed by atoms with Gasteiger partial charge in [-0.1, -0.05) is 90.2 Å². The molecule has 0 rings (SSSR count). The molecule has 0 heterocycles. The number of carbonyl (C=O) groups is 3. The van der Waals surface area contributed by atoms with E-state index >= 15 is 0 Å². The van der Waals surface area contributed by atoms with Crippen molar-refractivity contribution in [3.05, 3.63) is 12.2 Å². The number of carboxylic acid groups (broad SMARTS) is 1. The number of ether oxygens (including phenoxy) is 1. The Kier molecular flexibility index (Phi) is 27.3. The van der Waals surface area contributed by atoms with Crippen LogP contribution in [0.2, 0.25) is 0 Å². The first-order chi connectivity index (χ1) is 19.4. The van der Waals surface area contributed by atoms with Crippen molar-refractivity contribution >= 4 is 17.8 Å². The van der Waals surface area contributed by atoms with E-state index in [2.05, 4.69) is 31.3 Å². The molecule has 0 aromatic carbocycles. The number of hydrogen-bond donors (Lipinski definition) is 3. The maximum Gasteiger partial charge on any atom is 0.326 e. The minimum absolute atomic E-state index is 0.00831. The van der Waals surface area contributed by atoms with Gasteiger partial charge in [0.05, 0.1) is 0 Å². The number of nitrogens with two attached hydrogens (primary N) is 1. The second-order valence-electron chi connectivity index (χ2n) is 11.2. The Balaban J connectivity index is 4.14. The van der Waals surface area contributed by atoms with Gasteiger partial charge in [0.25, 0.3) is 0 Å². The quantitative estimate of drug-likeness (QED) is 0.0479. The van der Waals surface area contributed by atoms with Crippen LogP contribution < -0.4 is 11.1 Å². The molecule has 234 valence electrons. The van der Waals surface area contributed by atoms with Crippen molar-refractivity contribution in [3.63, 3.8) is 0 Å². The standard InChI is InChI=1S/C33H62N2O5/c1-3-5-7-9-10-11-12-13-14-15-21-27-32(37)40-29(23-18-8-6-4-2)24-19-16-17-20-26-31(36)35-30(33(38)39)25-22-28-34/h9-10,29-30H,3-8,11-28,34H2,1-2H3,(H,35,36)(H,38,39)/b10-9-. The van der Waals surface area contributed by atoms with Gasteiger partial charge < -0.3 is 20.9 Å². The number of aliphatic carboxylic acids is 1. The Morgan fingerprint density at radius 1 is 0.700 bits per heavy atom. The number of hydrogen-bond acceptors (Lipinski definition) is 5. The number of nitrogens with one attached hydrogen (secondary N) is 1. The molecule has 4 N–H and O–H groups in total. The molecule has 0 aliphatic heterocycles. The summed E-state index contributed by atoms with van der Waals surface area (Å²) in [5, 5.41) is 11.8. The lowest BCUT2D eigenvalue weighted by molar-refractivity contribution is -0.150. The fourth-order valence-corrected chi connectivity index (χ4v) is 4.78. The van der Waals surface area contributed by atoms with Gasteiger partial charge in [-0.3, -0.25) is 9.59 Å². The van der Waals surface area contributed by atoms with Gasteiger partial charge in [0.1, 0.15) is 12.1 Å². The molecule has 0 saturated heterocycles. The summed E-state index contributed by atoms with van der Waals surface area (Å²) in [4.78, 5) is 35.9. The fourth-order valence-electron chi connectivity index (χ4n) is 4.78. The maximum absolute atomic E-state index is 12.5. The molecule has 0 radical (unpaired) electrons. The SMILES string of the molecule is CCCC/C=C\CCCCCCCC(=O)OC(CCCCCC)CCCCCCC(=O)NC(CCCN)C(=O)O. The van der Waals surface area contributed by atoms with Gasteiger partial charge in [0, 0.05) is 12.8 Å². The summed E-state index contributed by atoms with van der Waals surface area (Å²) in [5.74, 6) is -1.28. The number of allylic oxidation sites excluding steroid dienone is 2. The van der Waals surface area contributed by atoms with E-state index in [9.17, 15) is 19.5 Å². The number of esters is 1. The lowest BCUT2D eigenvalue weighted by Gasteiger charge is -2.18. The minimum Gasteiger partial charge on any atom is -0.480 e. The molecule has 0 saturated carbocycles.